The summed E-state index contributed by atoms with van der Waals surface area (Å²) in [5.74, 6) is -0.649. The molecule has 1 aliphatic rings. The van der Waals surface area contributed by atoms with Gasteiger partial charge in [0.25, 0.3) is 5.56 Å². The van der Waals surface area contributed by atoms with Crippen LogP contribution in [0.25, 0.3) is 0 Å². The maximum Gasteiger partial charge on any atom is 0.266 e. The molecule has 0 spiro atoms. The number of aromatic amines is 1. The molecular formula is C10H7FN2O2. The fourth-order valence-corrected chi connectivity index (χ4v) is 1.64. The number of nitriles is 1. The van der Waals surface area contributed by atoms with Gasteiger partial charge in [0.1, 0.15) is 11.6 Å². The molecule has 0 bridgehead atoms. The van der Waals surface area contributed by atoms with E-state index < -0.39 is 17.5 Å². The summed E-state index contributed by atoms with van der Waals surface area (Å²) in [6, 6.07) is 2.83. The summed E-state index contributed by atoms with van der Waals surface area (Å²) in [7, 11) is 0. The van der Waals surface area contributed by atoms with Crippen LogP contribution in [0.5, 0.6) is 0 Å². The highest BCUT2D eigenvalue weighted by atomic mass is 19.1. The molecule has 4 nitrogen and oxygen atoms in total. The number of nitrogens with one attached hydrogen (secondary N) is 1. The lowest BCUT2D eigenvalue weighted by molar-refractivity contribution is 0.0854. The Labute approximate surface area is 84.4 Å². The second-order valence-electron chi connectivity index (χ2n) is 3.39. The summed E-state index contributed by atoms with van der Waals surface area (Å²) >= 11 is 0. The van der Waals surface area contributed by atoms with Gasteiger partial charge in [0.2, 0.25) is 0 Å². The number of halogens is 1. The molecule has 1 heterocycles. The van der Waals surface area contributed by atoms with Crippen molar-refractivity contribution in [2.24, 2.45) is 0 Å². The number of ketones is 1. The van der Waals surface area contributed by atoms with Gasteiger partial charge >= 0.3 is 0 Å². The van der Waals surface area contributed by atoms with Crippen LogP contribution < -0.4 is 5.56 Å². The molecule has 1 aliphatic carbocycles. The third kappa shape index (κ3) is 1.44. The summed E-state index contributed by atoms with van der Waals surface area (Å²) in [6.07, 6.45) is -1.11. The molecule has 1 aromatic heterocycles. The first-order valence-electron chi connectivity index (χ1n) is 4.48. The van der Waals surface area contributed by atoms with Gasteiger partial charge in [0, 0.05) is 11.3 Å². The lowest BCUT2D eigenvalue weighted by atomic mass is 9.92. The van der Waals surface area contributed by atoms with E-state index in [0.717, 1.165) is 0 Å². The minimum absolute atomic E-state index is 0.0909. The van der Waals surface area contributed by atoms with Gasteiger partial charge in [-0.05, 0) is 18.9 Å². The van der Waals surface area contributed by atoms with Crippen molar-refractivity contribution in [3.63, 3.8) is 0 Å². The number of Topliss-reactive ketones (excluding diaryl/α,β-unsaturated/α-hetero) is 1. The molecule has 0 radical (unpaired) electrons. The minimum atomic E-state index is -1.52. The number of carbonyl (C=O) groups is 1. The van der Waals surface area contributed by atoms with E-state index in [1.54, 1.807) is 6.07 Å². The van der Waals surface area contributed by atoms with Gasteiger partial charge in [0.05, 0.1) is 0 Å². The Hall–Kier alpha value is -1.96. The molecule has 1 aromatic rings. The van der Waals surface area contributed by atoms with E-state index in [9.17, 15) is 14.0 Å². The first-order valence-corrected chi connectivity index (χ1v) is 4.48. The Kier molecular flexibility index (Phi) is 2.12. The Balaban J connectivity index is 2.65. The van der Waals surface area contributed by atoms with Crippen molar-refractivity contribution >= 4 is 5.78 Å². The molecule has 0 saturated heterocycles. The fourth-order valence-electron chi connectivity index (χ4n) is 1.64. The summed E-state index contributed by atoms with van der Waals surface area (Å²) in [6.45, 7) is 0. The lowest BCUT2D eigenvalue weighted by Crippen LogP contribution is -2.28. The third-order valence-electron chi connectivity index (χ3n) is 2.44. The van der Waals surface area contributed by atoms with Crippen molar-refractivity contribution in [3.8, 4) is 6.07 Å². The largest absolute Gasteiger partial charge is 0.324 e. The molecule has 0 aliphatic heterocycles. The van der Waals surface area contributed by atoms with Crippen molar-refractivity contribution in [2.75, 3.05) is 0 Å². The van der Waals surface area contributed by atoms with Crippen LogP contribution in [0.15, 0.2) is 10.9 Å². The third-order valence-corrected chi connectivity index (χ3v) is 2.44. The van der Waals surface area contributed by atoms with Crippen LogP contribution in [0.3, 0.4) is 0 Å². The summed E-state index contributed by atoms with van der Waals surface area (Å²) in [5, 5.41) is 8.60. The maximum atomic E-state index is 13.1. The zero-order chi connectivity index (χ0) is 11.0. The highest BCUT2D eigenvalue weighted by molar-refractivity contribution is 6.01. The Morgan fingerprint density at radius 2 is 2.27 bits per heavy atom. The van der Waals surface area contributed by atoms with E-state index in [1.165, 1.54) is 6.07 Å². The van der Waals surface area contributed by atoms with Crippen LogP contribution >= 0.6 is 0 Å². The SMILES string of the molecule is N#Cc1cc2c([nH]c1=O)CCC(F)C2=O. The van der Waals surface area contributed by atoms with Gasteiger partial charge in [-0.25, -0.2) is 4.39 Å². The van der Waals surface area contributed by atoms with E-state index in [4.69, 9.17) is 5.26 Å². The molecular weight excluding hydrogens is 199 g/mol. The summed E-state index contributed by atoms with van der Waals surface area (Å²) < 4.78 is 13.1. The number of nitrogens with zero attached hydrogens (tertiary/aromatic N) is 1. The number of rotatable bonds is 0. The quantitative estimate of drug-likeness (QED) is 0.679. The number of pyridine rings is 1. The predicted octanol–water partition coefficient (Wildman–Crippen LogP) is 0.714. The zero-order valence-electron chi connectivity index (χ0n) is 7.71. The van der Waals surface area contributed by atoms with Crippen molar-refractivity contribution in [1.82, 2.24) is 4.98 Å². The van der Waals surface area contributed by atoms with Gasteiger partial charge in [0.15, 0.2) is 12.0 Å². The first kappa shape index (κ1) is 9.59. The second kappa shape index (κ2) is 3.31. The van der Waals surface area contributed by atoms with Crippen LogP contribution in [-0.2, 0) is 6.42 Å². The van der Waals surface area contributed by atoms with Crippen molar-refractivity contribution in [1.29, 1.82) is 5.26 Å². The molecule has 15 heavy (non-hydrogen) atoms. The molecule has 76 valence electrons. The van der Waals surface area contributed by atoms with E-state index >= 15 is 0 Å². The molecule has 0 aromatic carbocycles. The normalized spacial score (nSPS) is 19.5. The first-order chi connectivity index (χ1) is 7.13. The zero-order valence-corrected chi connectivity index (χ0v) is 7.71. The molecule has 0 fully saturated rings. The molecule has 0 saturated carbocycles. The van der Waals surface area contributed by atoms with Crippen LogP contribution in [0.1, 0.15) is 28.0 Å². The highest BCUT2D eigenvalue weighted by Crippen LogP contribution is 2.21. The van der Waals surface area contributed by atoms with E-state index in [1.807, 2.05) is 0 Å². The lowest BCUT2D eigenvalue weighted by Gasteiger charge is -2.16. The average Bonchev–Trinajstić information content (AvgIpc) is 2.23. The molecule has 0 amide bonds. The highest BCUT2D eigenvalue weighted by Gasteiger charge is 2.28. The number of carbonyl (C=O) groups excluding carboxylic acids is 1. The van der Waals surface area contributed by atoms with Crippen LogP contribution in [0.2, 0.25) is 0 Å². The molecule has 2 rings (SSSR count). The number of aromatic nitrogens is 1. The molecule has 5 heteroatoms. The molecule has 1 atom stereocenters. The Bertz CT molecular complexity index is 527. The molecule has 1 N–H and O–H groups in total. The van der Waals surface area contributed by atoms with E-state index in [0.29, 0.717) is 12.1 Å². The average molecular weight is 206 g/mol. The maximum absolute atomic E-state index is 13.1. The van der Waals surface area contributed by atoms with E-state index in [2.05, 4.69) is 4.98 Å². The van der Waals surface area contributed by atoms with Crippen molar-refractivity contribution < 1.29 is 9.18 Å². The summed E-state index contributed by atoms with van der Waals surface area (Å²) in [5.41, 5.74) is -0.125. The fraction of sp³-hybridized carbons (Fsp3) is 0.300. The van der Waals surface area contributed by atoms with Crippen molar-refractivity contribution in [2.45, 2.75) is 19.0 Å². The van der Waals surface area contributed by atoms with E-state index in [-0.39, 0.29) is 17.5 Å². The topological polar surface area (TPSA) is 73.7 Å². The van der Waals surface area contributed by atoms with Crippen LogP contribution in [0, 0.1) is 11.3 Å². The van der Waals surface area contributed by atoms with Crippen LogP contribution in [0.4, 0.5) is 4.39 Å². The number of aryl methyl sites for hydroxylation is 1. The standard InChI is InChI=1S/C10H7FN2O2/c11-7-1-2-8-6(9(7)14)3-5(4-12)10(15)13-8/h3,7H,1-2H2,(H,13,15). The van der Waals surface area contributed by atoms with Crippen LogP contribution in [-0.4, -0.2) is 16.9 Å². The monoisotopic (exact) mass is 206 g/mol. The van der Waals surface area contributed by atoms with Gasteiger partial charge < -0.3 is 4.98 Å². The van der Waals surface area contributed by atoms with Gasteiger partial charge in [-0.1, -0.05) is 0 Å². The smallest absolute Gasteiger partial charge is 0.266 e. The number of hydrogen-bond donors (Lipinski definition) is 1. The number of hydrogen-bond acceptors (Lipinski definition) is 3. The van der Waals surface area contributed by atoms with Gasteiger partial charge in [-0.3, -0.25) is 9.59 Å². The summed E-state index contributed by atoms with van der Waals surface area (Å²) in [4.78, 5) is 25.0. The number of fused-ring (bicyclic) bond motifs is 1. The minimum Gasteiger partial charge on any atom is -0.324 e. The number of H-pyrrole nitrogens is 1. The predicted molar refractivity (Wildman–Crippen MR) is 49.3 cm³/mol. The Morgan fingerprint density at radius 3 is 2.93 bits per heavy atom. The second-order valence-corrected chi connectivity index (χ2v) is 3.39. The van der Waals surface area contributed by atoms with Gasteiger partial charge in [-0.15, -0.1) is 0 Å². The van der Waals surface area contributed by atoms with Crippen molar-refractivity contribution in [3.05, 3.63) is 33.2 Å². The Morgan fingerprint density at radius 1 is 1.53 bits per heavy atom. The van der Waals surface area contributed by atoms with Gasteiger partial charge in [-0.2, -0.15) is 5.26 Å². The molecule has 1 unspecified atom stereocenters. The number of alkyl halides is 1.